The molecule has 0 saturated carbocycles. The van der Waals surface area contributed by atoms with Gasteiger partial charge in [0.05, 0.1) is 17.6 Å². The van der Waals surface area contributed by atoms with Crippen LogP contribution in [0.4, 0.5) is 15.8 Å². The maximum Gasteiger partial charge on any atom is 0.245 e. The van der Waals surface area contributed by atoms with Gasteiger partial charge in [0.25, 0.3) is 0 Å². The minimum atomic E-state index is -3.69. The molecule has 0 saturated heterocycles. The Bertz CT molecular complexity index is 891. The second-order valence-electron chi connectivity index (χ2n) is 5.14. The molecule has 0 aliphatic rings. The Hall–Kier alpha value is -1.58. The van der Waals surface area contributed by atoms with E-state index in [-0.39, 0.29) is 5.69 Å². The molecule has 0 aliphatic carbocycles. The van der Waals surface area contributed by atoms with Crippen molar-refractivity contribution in [3.63, 3.8) is 0 Å². The molecule has 2 aromatic rings. The first-order valence-corrected chi connectivity index (χ1v) is 10.9. The minimum absolute atomic E-state index is 0.0143. The molecular formula is C16H16BrFN2O3S2. The monoisotopic (exact) mass is 446 g/mol. The molecule has 0 unspecified atom stereocenters. The molecule has 2 rings (SSSR count). The molecule has 0 aromatic heterocycles. The van der Waals surface area contributed by atoms with Gasteiger partial charge in [0.15, 0.2) is 0 Å². The van der Waals surface area contributed by atoms with Crippen molar-refractivity contribution in [3.05, 3.63) is 52.8 Å². The van der Waals surface area contributed by atoms with Gasteiger partial charge in [-0.1, -0.05) is 22.0 Å². The predicted octanol–water partition coefficient (Wildman–Crippen LogP) is 3.71. The van der Waals surface area contributed by atoms with Crippen molar-refractivity contribution >= 4 is 55.0 Å². The number of hydrogen-bond donors (Lipinski definition) is 1. The van der Waals surface area contributed by atoms with Gasteiger partial charge in [-0.05, 0) is 42.7 Å². The van der Waals surface area contributed by atoms with Crippen LogP contribution >= 0.6 is 27.7 Å². The zero-order valence-electron chi connectivity index (χ0n) is 13.5. The molecule has 0 heterocycles. The van der Waals surface area contributed by atoms with Crippen molar-refractivity contribution in [1.29, 1.82) is 0 Å². The Morgan fingerprint density at radius 1 is 1.28 bits per heavy atom. The number of carbonyl (C=O) groups excluding carboxylic acids is 1. The lowest BCUT2D eigenvalue weighted by molar-refractivity contribution is -0.114. The topological polar surface area (TPSA) is 66.5 Å². The Morgan fingerprint density at radius 3 is 2.60 bits per heavy atom. The third-order valence-electron chi connectivity index (χ3n) is 3.23. The van der Waals surface area contributed by atoms with E-state index in [1.165, 1.54) is 23.9 Å². The van der Waals surface area contributed by atoms with Crippen LogP contribution < -0.4 is 9.62 Å². The first kappa shape index (κ1) is 19.7. The van der Waals surface area contributed by atoms with Crippen LogP contribution in [0.15, 0.2) is 51.8 Å². The third-order valence-corrected chi connectivity index (χ3v) is 5.59. The van der Waals surface area contributed by atoms with Crippen LogP contribution in [0.3, 0.4) is 0 Å². The summed E-state index contributed by atoms with van der Waals surface area (Å²) in [4.78, 5) is 13.1. The summed E-state index contributed by atoms with van der Waals surface area (Å²) >= 11 is 4.59. The van der Waals surface area contributed by atoms with Gasteiger partial charge in [0, 0.05) is 9.37 Å². The van der Waals surface area contributed by atoms with E-state index in [2.05, 4.69) is 21.2 Å². The van der Waals surface area contributed by atoms with E-state index < -0.39 is 28.3 Å². The predicted molar refractivity (Wildman–Crippen MR) is 103 cm³/mol. The number of benzene rings is 2. The standard InChI is InChI=1S/C16H16BrFN2O3S2/c1-24-13-5-3-4-12(9-13)20(25(2,22)23)10-16(21)19-15-7-6-11(17)8-14(15)18/h3-9H,10H2,1-2H3,(H,19,21). The third kappa shape index (κ3) is 5.45. The molecule has 0 aliphatic heterocycles. The first-order valence-electron chi connectivity index (χ1n) is 7.07. The maximum atomic E-state index is 13.8. The Morgan fingerprint density at radius 2 is 2.00 bits per heavy atom. The summed E-state index contributed by atoms with van der Waals surface area (Å²) in [7, 11) is -3.69. The van der Waals surface area contributed by atoms with Gasteiger partial charge in [-0.15, -0.1) is 11.8 Å². The fraction of sp³-hybridized carbons (Fsp3) is 0.188. The van der Waals surface area contributed by atoms with E-state index in [0.717, 1.165) is 15.5 Å². The van der Waals surface area contributed by atoms with Gasteiger partial charge in [0.1, 0.15) is 12.4 Å². The van der Waals surface area contributed by atoms with Crippen LogP contribution in [-0.4, -0.2) is 33.4 Å². The first-order chi connectivity index (χ1) is 11.7. The average Bonchev–Trinajstić information content (AvgIpc) is 2.54. The second-order valence-corrected chi connectivity index (χ2v) is 8.85. The molecule has 1 amide bonds. The summed E-state index contributed by atoms with van der Waals surface area (Å²) in [6.07, 6.45) is 2.89. The Balaban J connectivity index is 2.23. The lowest BCUT2D eigenvalue weighted by Gasteiger charge is -2.22. The number of amides is 1. The number of carbonyl (C=O) groups is 1. The summed E-state index contributed by atoms with van der Waals surface area (Å²) in [5, 5.41) is 2.39. The van der Waals surface area contributed by atoms with Gasteiger partial charge in [-0.3, -0.25) is 9.10 Å². The summed E-state index contributed by atoms with van der Waals surface area (Å²) in [6, 6.07) is 11.0. The van der Waals surface area contributed by atoms with Gasteiger partial charge in [0.2, 0.25) is 15.9 Å². The van der Waals surface area contributed by atoms with Crippen molar-refractivity contribution in [3.8, 4) is 0 Å². The number of sulfonamides is 1. The highest BCUT2D eigenvalue weighted by atomic mass is 79.9. The summed E-state index contributed by atoms with van der Waals surface area (Å²) in [5.74, 6) is -1.25. The average molecular weight is 447 g/mol. The van der Waals surface area contributed by atoms with Crippen molar-refractivity contribution in [2.24, 2.45) is 0 Å². The van der Waals surface area contributed by atoms with E-state index in [1.54, 1.807) is 24.3 Å². The minimum Gasteiger partial charge on any atom is -0.322 e. The lowest BCUT2D eigenvalue weighted by Crippen LogP contribution is -2.37. The second kappa shape index (κ2) is 8.20. The van der Waals surface area contributed by atoms with Crippen LogP contribution in [0.5, 0.6) is 0 Å². The van der Waals surface area contributed by atoms with Crippen molar-refractivity contribution in [1.82, 2.24) is 0 Å². The number of thioether (sulfide) groups is 1. The zero-order valence-corrected chi connectivity index (χ0v) is 16.7. The van der Waals surface area contributed by atoms with Crippen LogP contribution in [0, 0.1) is 5.82 Å². The van der Waals surface area contributed by atoms with E-state index in [9.17, 15) is 17.6 Å². The highest BCUT2D eigenvalue weighted by Crippen LogP contribution is 2.24. The number of anilines is 2. The highest BCUT2D eigenvalue weighted by molar-refractivity contribution is 9.10. The number of halogens is 2. The van der Waals surface area contributed by atoms with Gasteiger partial charge >= 0.3 is 0 Å². The molecular weight excluding hydrogens is 431 g/mol. The van der Waals surface area contributed by atoms with E-state index in [0.29, 0.717) is 10.2 Å². The Kier molecular flexibility index (Phi) is 6.47. The van der Waals surface area contributed by atoms with Crippen LogP contribution in [0.25, 0.3) is 0 Å². The SMILES string of the molecule is CSc1cccc(N(CC(=O)Nc2ccc(Br)cc2F)S(C)(=O)=O)c1. The number of hydrogen-bond acceptors (Lipinski definition) is 4. The molecule has 0 radical (unpaired) electrons. The van der Waals surface area contributed by atoms with Crippen LogP contribution in [0.1, 0.15) is 0 Å². The number of nitrogens with one attached hydrogen (secondary N) is 1. The molecule has 0 fully saturated rings. The van der Waals surface area contributed by atoms with E-state index in [4.69, 9.17) is 0 Å². The fourth-order valence-electron chi connectivity index (χ4n) is 2.08. The van der Waals surface area contributed by atoms with Crippen LogP contribution in [-0.2, 0) is 14.8 Å². The van der Waals surface area contributed by atoms with E-state index >= 15 is 0 Å². The molecule has 9 heteroatoms. The smallest absolute Gasteiger partial charge is 0.245 e. The van der Waals surface area contributed by atoms with Crippen LogP contribution in [0.2, 0.25) is 0 Å². The molecule has 0 bridgehead atoms. The normalized spacial score (nSPS) is 11.2. The molecule has 0 spiro atoms. The fourth-order valence-corrected chi connectivity index (χ4v) is 3.71. The summed E-state index contributed by atoms with van der Waals surface area (Å²) in [6.45, 7) is -0.452. The van der Waals surface area contributed by atoms with Crippen molar-refractivity contribution in [2.45, 2.75) is 4.90 Å². The van der Waals surface area contributed by atoms with Gasteiger partial charge in [-0.2, -0.15) is 0 Å². The summed E-state index contributed by atoms with van der Waals surface area (Å²) < 4.78 is 39.5. The molecule has 0 atom stereocenters. The molecule has 134 valence electrons. The highest BCUT2D eigenvalue weighted by Gasteiger charge is 2.21. The zero-order chi connectivity index (χ0) is 18.6. The van der Waals surface area contributed by atoms with Crippen molar-refractivity contribution < 1.29 is 17.6 Å². The molecule has 25 heavy (non-hydrogen) atoms. The molecule has 5 nitrogen and oxygen atoms in total. The molecule has 2 aromatic carbocycles. The number of rotatable bonds is 6. The number of nitrogens with zero attached hydrogens (tertiary/aromatic N) is 1. The van der Waals surface area contributed by atoms with Gasteiger partial charge in [-0.25, -0.2) is 12.8 Å². The lowest BCUT2D eigenvalue weighted by atomic mass is 10.3. The molecule has 1 N–H and O–H groups in total. The van der Waals surface area contributed by atoms with Gasteiger partial charge < -0.3 is 5.32 Å². The van der Waals surface area contributed by atoms with Crippen molar-refractivity contribution in [2.75, 3.05) is 28.7 Å². The summed E-state index contributed by atoms with van der Waals surface area (Å²) in [5.41, 5.74) is 0.361. The quantitative estimate of drug-likeness (QED) is 0.686. The maximum absolute atomic E-state index is 13.8. The largest absolute Gasteiger partial charge is 0.322 e. The Labute approximate surface area is 158 Å². The van der Waals surface area contributed by atoms with E-state index in [1.807, 2.05) is 12.3 Å².